The van der Waals surface area contributed by atoms with Crippen LogP contribution in [0, 0.1) is 70.9 Å². The number of aryl methyl sites for hydroxylation is 6. The van der Waals surface area contributed by atoms with Crippen LogP contribution in [0.15, 0.2) is 140 Å². The lowest BCUT2D eigenvalue weighted by molar-refractivity contribution is 0.283. The van der Waals surface area contributed by atoms with E-state index in [9.17, 15) is 4.39 Å². The van der Waals surface area contributed by atoms with Gasteiger partial charge in [-0.25, -0.2) is 8.78 Å². The molecule has 0 unspecified atom stereocenters. The van der Waals surface area contributed by atoms with Crippen LogP contribution in [0.4, 0.5) is 8.78 Å². The average Bonchev–Trinajstić information content (AvgIpc) is 1.53. The lowest BCUT2D eigenvalue weighted by atomic mass is 9.71. The van der Waals surface area contributed by atoms with Gasteiger partial charge in [-0.05, 0) is 286 Å². The Morgan fingerprint density at radius 3 is 1.47 bits per heavy atom. The first-order valence-electron chi connectivity index (χ1n) is 37.2. The highest BCUT2D eigenvalue weighted by Crippen LogP contribution is 2.45. The maximum absolute atomic E-state index is 15.1. The largest absolute Gasteiger partial charge is 0.309 e. The summed E-state index contributed by atoms with van der Waals surface area (Å²) >= 11 is 0. The van der Waals surface area contributed by atoms with E-state index in [4.69, 9.17) is 0 Å². The lowest BCUT2D eigenvalue weighted by Crippen LogP contribution is -2.25. The van der Waals surface area contributed by atoms with E-state index in [1.807, 2.05) is 33.8 Å². The van der Waals surface area contributed by atoms with E-state index in [0.29, 0.717) is 5.92 Å². The molecule has 98 heavy (non-hydrogen) atoms. The molecular weight excluding hydrogens is 1190 g/mol. The molecule has 0 spiro atoms. The van der Waals surface area contributed by atoms with Gasteiger partial charge in [0.05, 0.1) is 11.0 Å². The zero-order valence-electron chi connectivity index (χ0n) is 67.3. The van der Waals surface area contributed by atoms with E-state index < -0.39 is 0 Å². The van der Waals surface area contributed by atoms with Gasteiger partial charge in [-0.15, -0.1) is 6.58 Å². The molecule has 0 bridgehead atoms. The van der Waals surface area contributed by atoms with Crippen molar-refractivity contribution < 1.29 is 8.78 Å². The summed E-state index contributed by atoms with van der Waals surface area (Å²) in [6, 6.07) is 46.5. The summed E-state index contributed by atoms with van der Waals surface area (Å²) < 4.78 is 32.5. The number of nitrogens with zero attached hydrogens (tertiary/aromatic N) is 1. The van der Waals surface area contributed by atoms with E-state index in [0.717, 1.165) is 89.6 Å². The zero-order chi connectivity index (χ0) is 74.0. The predicted octanol–water partition coefficient (Wildman–Crippen LogP) is 29.6. The van der Waals surface area contributed by atoms with Crippen LogP contribution in [0.25, 0.3) is 60.9 Å². The Morgan fingerprint density at radius 1 is 0.459 bits per heavy atom. The molecule has 0 aliphatic carbocycles. The SMILES string of the molecule is C=CCCCCc1c(F)cc(C)cc1-c1cc(C(C)(C)CC(C)(C)C)cc(C)c1C.CC.CCC.CCc1ccc(-c2ccc(C(C)(C)C)cc2C)c(C)c1.Cc1cc(F)cc(-c2cc(-n3c4cc(C(C)C)ccc4c4ccc(C(C)(C)C)cc43)cc(C(C)(C)CC(C)(C)C)c2)c1C. The average molecular weight is 1330 g/mol. The molecule has 0 saturated heterocycles. The highest BCUT2D eigenvalue weighted by atomic mass is 19.1. The maximum atomic E-state index is 15.1. The normalized spacial score (nSPS) is 12.1. The Kier molecular flexibility index (Phi) is 28.0. The molecule has 1 nitrogen and oxygen atoms in total. The van der Waals surface area contributed by atoms with Gasteiger partial charge in [-0.3, -0.25) is 0 Å². The van der Waals surface area contributed by atoms with Crippen LogP contribution in [0.3, 0.4) is 0 Å². The van der Waals surface area contributed by atoms with Crippen molar-refractivity contribution in [2.45, 2.75) is 287 Å². The van der Waals surface area contributed by atoms with Crippen molar-refractivity contribution in [1.82, 2.24) is 4.57 Å². The Morgan fingerprint density at radius 2 is 0.949 bits per heavy atom. The molecule has 0 amide bonds. The molecule has 0 N–H and O–H groups in total. The first kappa shape index (κ1) is 81.8. The second-order valence-electron chi connectivity index (χ2n) is 34.4. The second-order valence-corrected chi connectivity index (χ2v) is 34.4. The topological polar surface area (TPSA) is 4.93 Å². The maximum Gasteiger partial charge on any atom is 0.127 e. The number of benzene rings is 8. The Balaban J connectivity index is 0.000000274. The van der Waals surface area contributed by atoms with Gasteiger partial charge in [0.15, 0.2) is 0 Å². The predicted molar refractivity (Wildman–Crippen MR) is 433 cm³/mol. The van der Waals surface area contributed by atoms with Crippen LogP contribution in [0.2, 0.25) is 0 Å². The third-order valence-corrected chi connectivity index (χ3v) is 19.4. The van der Waals surface area contributed by atoms with Gasteiger partial charge in [-0.1, -0.05) is 257 Å². The van der Waals surface area contributed by atoms with Crippen molar-refractivity contribution in [3.05, 3.63) is 230 Å². The number of aromatic nitrogens is 1. The molecule has 0 atom stereocenters. The molecule has 1 heterocycles. The molecule has 0 fully saturated rings. The summed E-state index contributed by atoms with van der Waals surface area (Å²) in [7, 11) is 0. The Labute approximate surface area is 597 Å². The van der Waals surface area contributed by atoms with Crippen LogP contribution >= 0.6 is 0 Å². The van der Waals surface area contributed by atoms with Crippen molar-refractivity contribution in [2.75, 3.05) is 0 Å². The third-order valence-electron chi connectivity index (χ3n) is 19.4. The summed E-state index contributed by atoms with van der Waals surface area (Å²) in [5.74, 6) is 0.166. The van der Waals surface area contributed by atoms with E-state index in [2.05, 4.69) is 300 Å². The van der Waals surface area contributed by atoms with Gasteiger partial charge < -0.3 is 4.57 Å². The first-order valence-corrected chi connectivity index (χ1v) is 37.2. The number of halogens is 2. The standard InChI is InChI=1S/C41H50FN.C29H41F.C20H26.C3H8.C2H6/c1-25(2)28-13-15-34-35-16-14-30(40(8,9)10)22-38(35)43(37(34)20-28)33-19-29(36-23-32(42)17-26(3)27(36)4)18-31(21-33)41(11,12)24-39(5,6)7;1-10-11-12-13-14-24-26(15-20(2)16-27(24)30)25-18-23(17-21(3)22(25)4)29(8,9)19-28(5,6)7;1-7-16-8-10-18(14(2)12-16)19-11-9-17(13-15(19)3)20(4,5)6;1-3-2;1-2/h13-23,25H,24H2,1-12H3;10,15-18H,1,11-14,19H2,2-9H3;8-13H,7H2,1-6H3;3H2,1-2H3;1-2H3. The highest BCUT2D eigenvalue weighted by Gasteiger charge is 2.31. The summed E-state index contributed by atoms with van der Waals surface area (Å²) in [6.07, 6.45) is 10.2. The van der Waals surface area contributed by atoms with Crippen molar-refractivity contribution in [2.24, 2.45) is 10.8 Å². The van der Waals surface area contributed by atoms with Gasteiger partial charge >= 0.3 is 0 Å². The molecule has 0 radical (unpaired) electrons. The molecule has 3 heteroatoms. The fourth-order valence-corrected chi connectivity index (χ4v) is 14.5. The minimum atomic E-state index is -0.188. The fourth-order valence-electron chi connectivity index (χ4n) is 14.5. The minimum absolute atomic E-state index is 0.0243. The number of hydrogen-bond donors (Lipinski definition) is 0. The van der Waals surface area contributed by atoms with E-state index in [1.165, 1.54) is 101 Å². The number of hydrogen-bond acceptors (Lipinski definition) is 0. The second kappa shape index (κ2) is 33.6. The van der Waals surface area contributed by atoms with Crippen molar-refractivity contribution in [1.29, 1.82) is 0 Å². The molecule has 1 aromatic heterocycles. The van der Waals surface area contributed by atoms with Crippen molar-refractivity contribution in [3.63, 3.8) is 0 Å². The summed E-state index contributed by atoms with van der Waals surface area (Å²) in [5.41, 5.74) is 28.5. The number of allylic oxidation sites excluding steroid dienone is 1. The molecule has 9 rings (SSSR count). The zero-order valence-corrected chi connectivity index (χ0v) is 67.3. The van der Waals surface area contributed by atoms with Gasteiger partial charge in [0.2, 0.25) is 0 Å². The molecule has 530 valence electrons. The van der Waals surface area contributed by atoms with E-state index >= 15 is 4.39 Å². The van der Waals surface area contributed by atoms with Crippen LogP contribution in [0.1, 0.15) is 282 Å². The van der Waals surface area contributed by atoms with Gasteiger partial charge in [0.25, 0.3) is 0 Å². The minimum Gasteiger partial charge on any atom is -0.309 e. The van der Waals surface area contributed by atoms with E-state index in [1.54, 1.807) is 18.2 Å². The highest BCUT2D eigenvalue weighted by molar-refractivity contribution is 6.10. The molecule has 0 aliphatic rings. The smallest absolute Gasteiger partial charge is 0.127 e. The molecular formula is C95H131F2N. The molecule has 0 saturated carbocycles. The van der Waals surface area contributed by atoms with Gasteiger partial charge in [0.1, 0.15) is 11.6 Å². The van der Waals surface area contributed by atoms with Gasteiger partial charge in [-0.2, -0.15) is 0 Å². The van der Waals surface area contributed by atoms with Crippen LogP contribution in [0.5, 0.6) is 0 Å². The van der Waals surface area contributed by atoms with Crippen LogP contribution in [-0.4, -0.2) is 4.57 Å². The Bertz CT molecular complexity index is 4160. The van der Waals surface area contributed by atoms with E-state index in [-0.39, 0.29) is 44.1 Å². The first-order chi connectivity index (χ1) is 45.4. The van der Waals surface area contributed by atoms with Crippen LogP contribution in [-0.2, 0) is 34.5 Å². The van der Waals surface area contributed by atoms with Crippen molar-refractivity contribution in [3.8, 4) is 39.1 Å². The van der Waals surface area contributed by atoms with Crippen LogP contribution < -0.4 is 0 Å². The molecule has 9 aromatic rings. The van der Waals surface area contributed by atoms with Crippen molar-refractivity contribution >= 4 is 21.8 Å². The monoisotopic (exact) mass is 1320 g/mol. The third kappa shape index (κ3) is 21.1. The summed E-state index contributed by atoms with van der Waals surface area (Å²) in [4.78, 5) is 0. The number of fused-ring (bicyclic) bond motifs is 3. The lowest BCUT2D eigenvalue weighted by Gasteiger charge is -2.34. The van der Waals surface area contributed by atoms with Gasteiger partial charge in [0, 0.05) is 16.5 Å². The quantitative estimate of drug-likeness (QED) is 0.0712. The fraction of sp³-hybridized carbons (Fsp3) is 0.474. The Hall–Kier alpha value is -6.84. The number of unbranched alkanes of at least 4 members (excludes halogenated alkanes) is 2. The molecule has 8 aromatic carbocycles. The molecule has 0 aliphatic heterocycles. The summed E-state index contributed by atoms with van der Waals surface area (Å²) in [5, 5.41) is 2.52. The number of rotatable bonds is 15. The summed E-state index contributed by atoms with van der Waals surface area (Å²) in [6.45, 7) is 70.5.